The Bertz CT molecular complexity index is 408. The van der Waals surface area contributed by atoms with Crippen LogP contribution in [-0.4, -0.2) is 23.6 Å². The zero-order valence-electron chi connectivity index (χ0n) is 12.3. The fourth-order valence-electron chi connectivity index (χ4n) is 2.96. The number of nitrogens with zero attached hydrogens (tertiary/aromatic N) is 2. The molecule has 0 radical (unpaired) electrons. The fraction of sp³-hybridized carbons (Fsp3) is 0.733. The van der Waals surface area contributed by atoms with Gasteiger partial charge in [-0.1, -0.05) is 26.2 Å². The van der Waals surface area contributed by atoms with Crippen molar-refractivity contribution in [2.75, 3.05) is 19.0 Å². The van der Waals surface area contributed by atoms with Crippen LogP contribution >= 0.6 is 0 Å². The highest BCUT2D eigenvalue weighted by Crippen LogP contribution is 2.30. The van der Waals surface area contributed by atoms with Crippen molar-refractivity contribution in [2.24, 2.45) is 11.8 Å². The quantitative estimate of drug-likeness (QED) is 0.884. The summed E-state index contributed by atoms with van der Waals surface area (Å²) in [6.45, 7) is 5.24. The van der Waals surface area contributed by atoms with Crippen LogP contribution in [0.3, 0.4) is 0 Å². The molecule has 1 aromatic rings. The van der Waals surface area contributed by atoms with E-state index in [0.29, 0.717) is 5.88 Å². The Hall–Kier alpha value is -1.32. The van der Waals surface area contributed by atoms with Gasteiger partial charge >= 0.3 is 0 Å². The van der Waals surface area contributed by atoms with Gasteiger partial charge in [0, 0.05) is 12.6 Å². The van der Waals surface area contributed by atoms with Crippen LogP contribution in [0.5, 0.6) is 5.88 Å². The Kier molecular flexibility index (Phi) is 5.00. The standard InChI is InChI=1S/C15H25N3O/c1-11-5-4-6-13(9-11)7-8-16-14-10-15(19-3)18-12(2)17-14/h10-11,13H,4-9H2,1-3H3,(H,16,17,18). The average molecular weight is 263 g/mol. The topological polar surface area (TPSA) is 47.0 Å². The molecule has 2 atom stereocenters. The summed E-state index contributed by atoms with van der Waals surface area (Å²) in [7, 11) is 1.63. The molecule has 1 aromatic heterocycles. The summed E-state index contributed by atoms with van der Waals surface area (Å²) in [6, 6.07) is 1.86. The van der Waals surface area contributed by atoms with Gasteiger partial charge < -0.3 is 10.1 Å². The molecule has 0 spiro atoms. The average Bonchev–Trinajstić information content (AvgIpc) is 2.38. The molecule has 2 unspecified atom stereocenters. The number of nitrogens with one attached hydrogen (secondary N) is 1. The van der Waals surface area contributed by atoms with E-state index in [2.05, 4.69) is 22.2 Å². The van der Waals surface area contributed by atoms with Gasteiger partial charge in [0.1, 0.15) is 11.6 Å². The van der Waals surface area contributed by atoms with E-state index in [1.165, 1.54) is 32.1 Å². The van der Waals surface area contributed by atoms with Crippen molar-refractivity contribution in [3.8, 4) is 5.88 Å². The smallest absolute Gasteiger partial charge is 0.218 e. The minimum Gasteiger partial charge on any atom is -0.481 e. The van der Waals surface area contributed by atoms with E-state index in [1.807, 2.05) is 13.0 Å². The van der Waals surface area contributed by atoms with Gasteiger partial charge in [0.25, 0.3) is 0 Å². The minimum absolute atomic E-state index is 0.626. The second-order valence-corrected chi connectivity index (χ2v) is 5.70. The third kappa shape index (κ3) is 4.37. The Morgan fingerprint density at radius 2 is 2.21 bits per heavy atom. The largest absolute Gasteiger partial charge is 0.481 e. The van der Waals surface area contributed by atoms with Gasteiger partial charge in [-0.25, -0.2) is 4.98 Å². The maximum absolute atomic E-state index is 5.15. The summed E-state index contributed by atoms with van der Waals surface area (Å²) < 4.78 is 5.15. The second kappa shape index (κ2) is 6.73. The molecular formula is C15H25N3O. The van der Waals surface area contributed by atoms with E-state index in [9.17, 15) is 0 Å². The van der Waals surface area contributed by atoms with Crippen molar-refractivity contribution in [1.29, 1.82) is 0 Å². The van der Waals surface area contributed by atoms with Gasteiger partial charge in [-0.05, 0) is 31.6 Å². The van der Waals surface area contributed by atoms with E-state index in [0.717, 1.165) is 30.0 Å². The van der Waals surface area contributed by atoms with Gasteiger partial charge in [0.2, 0.25) is 5.88 Å². The number of anilines is 1. The summed E-state index contributed by atoms with van der Waals surface area (Å²) >= 11 is 0. The molecule has 0 aliphatic heterocycles. The first-order valence-electron chi connectivity index (χ1n) is 7.31. The van der Waals surface area contributed by atoms with Gasteiger partial charge in [-0.2, -0.15) is 4.98 Å². The van der Waals surface area contributed by atoms with E-state index in [4.69, 9.17) is 4.74 Å². The van der Waals surface area contributed by atoms with Crippen LogP contribution in [0.25, 0.3) is 0 Å². The Labute approximate surface area is 116 Å². The van der Waals surface area contributed by atoms with Crippen LogP contribution in [0.4, 0.5) is 5.82 Å². The lowest BCUT2D eigenvalue weighted by molar-refractivity contribution is 0.274. The Balaban J connectivity index is 1.80. The zero-order chi connectivity index (χ0) is 13.7. The first-order valence-corrected chi connectivity index (χ1v) is 7.31. The molecule has 19 heavy (non-hydrogen) atoms. The lowest BCUT2D eigenvalue weighted by Crippen LogP contribution is -2.17. The molecule has 1 N–H and O–H groups in total. The number of methoxy groups -OCH3 is 1. The number of aryl methyl sites for hydroxylation is 1. The Morgan fingerprint density at radius 1 is 1.37 bits per heavy atom. The van der Waals surface area contributed by atoms with E-state index >= 15 is 0 Å². The van der Waals surface area contributed by atoms with Crippen LogP contribution in [0, 0.1) is 18.8 Å². The first kappa shape index (κ1) is 14.1. The SMILES string of the molecule is COc1cc(NCCC2CCCC(C)C2)nc(C)n1. The van der Waals surface area contributed by atoms with Crippen molar-refractivity contribution < 1.29 is 4.74 Å². The molecule has 0 aromatic carbocycles. The molecule has 1 saturated carbocycles. The lowest BCUT2D eigenvalue weighted by atomic mass is 9.81. The normalized spacial score (nSPS) is 23.1. The van der Waals surface area contributed by atoms with Crippen molar-refractivity contribution >= 4 is 5.82 Å². The number of hydrogen-bond donors (Lipinski definition) is 1. The molecule has 4 heteroatoms. The number of ether oxygens (including phenoxy) is 1. The molecule has 2 rings (SSSR count). The van der Waals surface area contributed by atoms with E-state index in [-0.39, 0.29) is 0 Å². The maximum atomic E-state index is 5.15. The summed E-state index contributed by atoms with van der Waals surface area (Å²) in [5.41, 5.74) is 0. The van der Waals surface area contributed by atoms with Crippen molar-refractivity contribution in [3.05, 3.63) is 11.9 Å². The highest BCUT2D eigenvalue weighted by molar-refractivity contribution is 5.38. The number of hydrogen-bond acceptors (Lipinski definition) is 4. The van der Waals surface area contributed by atoms with Crippen LogP contribution < -0.4 is 10.1 Å². The molecular weight excluding hydrogens is 238 g/mol. The van der Waals surface area contributed by atoms with Crippen LogP contribution in [-0.2, 0) is 0 Å². The third-order valence-corrected chi connectivity index (χ3v) is 3.93. The Morgan fingerprint density at radius 3 is 2.95 bits per heavy atom. The molecule has 4 nitrogen and oxygen atoms in total. The summed E-state index contributed by atoms with van der Waals surface area (Å²) in [6.07, 6.45) is 6.81. The van der Waals surface area contributed by atoms with Gasteiger partial charge in [-0.15, -0.1) is 0 Å². The molecule has 1 fully saturated rings. The van der Waals surface area contributed by atoms with Crippen molar-refractivity contribution in [3.63, 3.8) is 0 Å². The summed E-state index contributed by atoms with van der Waals surface area (Å²) in [5.74, 6) is 4.02. The predicted octanol–water partition coefficient (Wildman–Crippen LogP) is 3.42. The second-order valence-electron chi connectivity index (χ2n) is 5.70. The zero-order valence-corrected chi connectivity index (χ0v) is 12.3. The van der Waals surface area contributed by atoms with Crippen LogP contribution in [0.2, 0.25) is 0 Å². The third-order valence-electron chi connectivity index (χ3n) is 3.93. The summed E-state index contributed by atoms with van der Waals surface area (Å²) in [4.78, 5) is 8.56. The van der Waals surface area contributed by atoms with E-state index < -0.39 is 0 Å². The molecule has 0 amide bonds. The monoisotopic (exact) mass is 263 g/mol. The number of rotatable bonds is 5. The summed E-state index contributed by atoms with van der Waals surface area (Å²) in [5, 5.41) is 3.39. The molecule has 106 valence electrons. The van der Waals surface area contributed by atoms with Crippen LogP contribution in [0.15, 0.2) is 6.07 Å². The van der Waals surface area contributed by atoms with Crippen molar-refractivity contribution in [1.82, 2.24) is 9.97 Å². The molecule has 0 bridgehead atoms. The number of aromatic nitrogens is 2. The molecule has 1 aliphatic rings. The van der Waals surface area contributed by atoms with Crippen molar-refractivity contribution in [2.45, 2.75) is 46.0 Å². The molecule has 0 saturated heterocycles. The highest BCUT2D eigenvalue weighted by Gasteiger charge is 2.18. The molecule has 1 heterocycles. The van der Waals surface area contributed by atoms with Gasteiger partial charge in [-0.3, -0.25) is 0 Å². The maximum Gasteiger partial charge on any atom is 0.218 e. The fourth-order valence-corrected chi connectivity index (χ4v) is 2.96. The molecule has 1 aliphatic carbocycles. The highest BCUT2D eigenvalue weighted by atomic mass is 16.5. The predicted molar refractivity (Wildman–Crippen MR) is 77.5 cm³/mol. The van der Waals surface area contributed by atoms with Crippen LogP contribution in [0.1, 0.15) is 44.9 Å². The van der Waals surface area contributed by atoms with Gasteiger partial charge in [0.15, 0.2) is 0 Å². The van der Waals surface area contributed by atoms with E-state index in [1.54, 1.807) is 7.11 Å². The van der Waals surface area contributed by atoms with Gasteiger partial charge in [0.05, 0.1) is 7.11 Å². The lowest BCUT2D eigenvalue weighted by Gasteiger charge is -2.26. The first-order chi connectivity index (χ1) is 9.17. The minimum atomic E-state index is 0.626.